The van der Waals surface area contributed by atoms with Gasteiger partial charge in [-0.05, 0) is 55.3 Å². The summed E-state index contributed by atoms with van der Waals surface area (Å²) in [6.07, 6.45) is 2.08. The molecule has 2 amide bonds. The maximum atomic E-state index is 13.7. The Morgan fingerprint density at radius 3 is 2.46 bits per heavy atom. The fraction of sp³-hybridized carbons (Fsp3) is 0.263. The first-order valence-corrected chi connectivity index (χ1v) is 9.09. The van der Waals surface area contributed by atoms with Gasteiger partial charge in [-0.1, -0.05) is 15.9 Å². The lowest BCUT2D eigenvalue weighted by Gasteiger charge is -2.15. The molecule has 0 aromatic heterocycles. The number of carbonyl (C=O) groups is 2. The molecule has 3 rings (SSSR count). The number of ether oxygens (including phenoxy) is 1. The summed E-state index contributed by atoms with van der Waals surface area (Å²) in [6.45, 7) is 1.27. The minimum atomic E-state index is -0.544. The molecule has 1 aliphatic rings. The van der Waals surface area contributed by atoms with Crippen LogP contribution in [0.1, 0.15) is 23.2 Å². The highest BCUT2D eigenvalue weighted by Crippen LogP contribution is 2.21. The Bertz CT molecular complexity index is 805. The van der Waals surface area contributed by atoms with Crippen LogP contribution in [0.5, 0.6) is 5.75 Å². The summed E-state index contributed by atoms with van der Waals surface area (Å²) in [6, 6.07) is 11.1. The highest BCUT2D eigenvalue weighted by Gasteiger charge is 2.19. The van der Waals surface area contributed by atoms with E-state index in [2.05, 4.69) is 21.2 Å². The average molecular weight is 421 g/mol. The molecule has 0 saturated carbocycles. The molecule has 0 radical (unpaired) electrons. The fourth-order valence-electron chi connectivity index (χ4n) is 2.73. The van der Waals surface area contributed by atoms with Crippen LogP contribution >= 0.6 is 15.9 Å². The van der Waals surface area contributed by atoms with Crippen molar-refractivity contribution in [3.63, 3.8) is 0 Å². The fourth-order valence-corrected chi connectivity index (χ4v) is 3.06. The van der Waals surface area contributed by atoms with Crippen molar-refractivity contribution in [1.82, 2.24) is 4.90 Å². The third-order valence-corrected chi connectivity index (χ3v) is 4.55. The van der Waals surface area contributed by atoms with E-state index in [4.69, 9.17) is 4.74 Å². The first kappa shape index (κ1) is 18.4. The molecular formula is C19H18BrFN2O3. The van der Waals surface area contributed by atoms with Crippen LogP contribution in [0.15, 0.2) is 46.9 Å². The molecule has 7 heteroatoms. The quantitative estimate of drug-likeness (QED) is 0.798. The van der Waals surface area contributed by atoms with Crippen LogP contribution in [-0.2, 0) is 4.79 Å². The summed E-state index contributed by atoms with van der Waals surface area (Å²) in [5.74, 6) is -0.938. The second kappa shape index (κ2) is 8.31. The Hall–Kier alpha value is -2.41. The molecule has 1 fully saturated rings. The molecule has 2 aromatic rings. The maximum Gasteiger partial charge on any atom is 0.262 e. The number of anilines is 1. The van der Waals surface area contributed by atoms with Gasteiger partial charge in [0.15, 0.2) is 18.2 Å². The minimum absolute atomic E-state index is 0.00873. The molecule has 136 valence electrons. The van der Waals surface area contributed by atoms with Crippen LogP contribution in [0.2, 0.25) is 0 Å². The zero-order valence-electron chi connectivity index (χ0n) is 14.0. The van der Waals surface area contributed by atoms with Crippen molar-refractivity contribution in [1.29, 1.82) is 0 Å². The van der Waals surface area contributed by atoms with Crippen LogP contribution < -0.4 is 10.1 Å². The Labute approximate surface area is 159 Å². The van der Waals surface area contributed by atoms with E-state index in [1.54, 1.807) is 30.3 Å². The number of hydrogen-bond donors (Lipinski definition) is 1. The van der Waals surface area contributed by atoms with Crippen LogP contribution in [0.3, 0.4) is 0 Å². The van der Waals surface area contributed by atoms with Gasteiger partial charge in [-0.15, -0.1) is 0 Å². The summed E-state index contributed by atoms with van der Waals surface area (Å²) in [5.41, 5.74) is 1.14. The SMILES string of the molecule is O=C(COc1ccc(Br)cc1F)Nc1ccc(C(=O)N2CCCC2)cc1. The normalized spacial score (nSPS) is 13.5. The number of rotatable bonds is 5. The van der Waals surface area contributed by atoms with Gasteiger partial charge in [-0.2, -0.15) is 0 Å². The van der Waals surface area contributed by atoms with E-state index in [0.29, 0.717) is 15.7 Å². The molecule has 1 saturated heterocycles. The van der Waals surface area contributed by atoms with Crippen molar-refractivity contribution in [2.75, 3.05) is 25.0 Å². The Balaban J connectivity index is 1.53. The van der Waals surface area contributed by atoms with E-state index >= 15 is 0 Å². The average Bonchev–Trinajstić information content (AvgIpc) is 3.16. The summed E-state index contributed by atoms with van der Waals surface area (Å²) < 4.78 is 19.4. The largest absolute Gasteiger partial charge is 0.481 e. The first-order chi connectivity index (χ1) is 12.5. The van der Waals surface area contributed by atoms with Crippen molar-refractivity contribution in [2.45, 2.75) is 12.8 Å². The lowest BCUT2D eigenvalue weighted by Crippen LogP contribution is -2.27. The molecule has 0 aliphatic carbocycles. The molecular weight excluding hydrogens is 403 g/mol. The van der Waals surface area contributed by atoms with Gasteiger partial charge in [-0.25, -0.2) is 4.39 Å². The molecule has 26 heavy (non-hydrogen) atoms. The maximum absolute atomic E-state index is 13.7. The number of likely N-dealkylation sites (tertiary alicyclic amines) is 1. The molecule has 5 nitrogen and oxygen atoms in total. The molecule has 1 N–H and O–H groups in total. The van der Waals surface area contributed by atoms with E-state index in [1.807, 2.05) is 4.90 Å². The second-order valence-corrected chi connectivity index (χ2v) is 6.90. The van der Waals surface area contributed by atoms with E-state index in [0.717, 1.165) is 25.9 Å². The molecule has 1 heterocycles. The van der Waals surface area contributed by atoms with Gasteiger partial charge in [0.05, 0.1) is 0 Å². The number of carbonyl (C=O) groups excluding carboxylic acids is 2. The highest BCUT2D eigenvalue weighted by molar-refractivity contribution is 9.10. The van der Waals surface area contributed by atoms with Gasteiger partial charge in [0.25, 0.3) is 11.8 Å². The van der Waals surface area contributed by atoms with Crippen LogP contribution in [0, 0.1) is 5.82 Å². The zero-order valence-corrected chi connectivity index (χ0v) is 15.6. The van der Waals surface area contributed by atoms with Crippen molar-refractivity contribution < 1.29 is 18.7 Å². The Morgan fingerprint density at radius 2 is 1.81 bits per heavy atom. The number of benzene rings is 2. The molecule has 0 atom stereocenters. The van der Waals surface area contributed by atoms with Gasteiger partial charge < -0.3 is 15.0 Å². The zero-order chi connectivity index (χ0) is 18.5. The lowest BCUT2D eigenvalue weighted by atomic mass is 10.2. The summed E-state index contributed by atoms with van der Waals surface area (Å²) in [7, 11) is 0. The molecule has 1 aliphatic heterocycles. The summed E-state index contributed by atoms with van der Waals surface area (Å²) in [5, 5.41) is 2.66. The van der Waals surface area contributed by atoms with Crippen LogP contribution in [-0.4, -0.2) is 36.4 Å². The van der Waals surface area contributed by atoms with Gasteiger partial charge in [0, 0.05) is 28.8 Å². The minimum Gasteiger partial charge on any atom is -0.481 e. The van der Waals surface area contributed by atoms with Gasteiger partial charge in [-0.3, -0.25) is 9.59 Å². The van der Waals surface area contributed by atoms with Crippen molar-refractivity contribution >= 4 is 33.4 Å². The third-order valence-electron chi connectivity index (χ3n) is 4.06. The van der Waals surface area contributed by atoms with Gasteiger partial charge in [0.2, 0.25) is 0 Å². The Morgan fingerprint density at radius 1 is 1.12 bits per heavy atom. The summed E-state index contributed by atoms with van der Waals surface area (Å²) in [4.78, 5) is 26.1. The van der Waals surface area contributed by atoms with E-state index in [9.17, 15) is 14.0 Å². The molecule has 0 bridgehead atoms. The predicted molar refractivity (Wildman–Crippen MR) is 99.8 cm³/mol. The monoisotopic (exact) mass is 420 g/mol. The number of hydrogen-bond acceptors (Lipinski definition) is 3. The first-order valence-electron chi connectivity index (χ1n) is 8.30. The molecule has 0 spiro atoms. The number of nitrogens with one attached hydrogen (secondary N) is 1. The standard InChI is InChI=1S/C19H18BrFN2O3/c20-14-5-8-17(16(21)11-14)26-12-18(24)22-15-6-3-13(4-7-15)19(25)23-9-1-2-10-23/h3-8,11H,1-2,9-10,12H2,(H,22,24). The predicted octanol–water partition coefficient (Wildman–Crippen LogP) is 3.84. The highest BCUT2D eigenvalue weighted by atomic mass is 79.9. The smallest absolute Gasteiger partial charge is 0.262 e. The number of nitrogens with zero attached hydrogens (tertiary/aromatic N) is 1. The van der Waals surface area contributed by atoms with Gasteiger partial charge in [0.1, 0.15) is 0 Å². The van der Waals surface area contributed by atoms with Crippen LogP contribution in [0.4, 0.5) is 10.1 Å². The number of amides is 2. The van der Waals surface area contributed by atoms with Crippen LogP contribution in [0.25, 0.3) is 0 Å². The third kappa shape index (κ3) is 4.60. The van der Waals surface area contributed by atoms with E-state index in [-0.39, 0.29) is 18.3 Å². The van der Waals surface area contributed by atoms with Crippen molar-refractivity contribution in [2.24, 2.45) is 0 Å². The number of halogens is 2. The van der Waals surface area contributed by atoms with E-state index < -0.39 is 11.7 Å². The van der Waals surface area contributed by atoms with Gasteiger partial charge >= 0.3 is 0 Å². The lowest BCUT2D eigenvalue weighted by molar-refractivity contribution is -0.118. The topological polar surface area (TPSA) is 58.6 Å². The van der Waals surface area contributed by atoms with E-state index in [1.165, 1.54) is 12.1 Å². The van der Waals surface area contributed by atoms with Crippen molar-refractivity contribution in [3.05, 3.63) is 58.3 Å². The second-order valence-electron chi connectivity index (χ2n) is 5.99. The van der Waals surface area contributed by atoms with Crippen molar-refractivity contribution in [3.8, 4) is 5.75 Å². The Kier molecular flexibility index (Phi) is 5.88. The molecule has 0 unspecified atom stereocenters. The molecule has 2 aromatic carbocycles. The summed E-state index contributed by atoms with van der Waals surface area (Å²) >= 11 is 3.16.